The molecule has 3 N–H and O–H groups in total. The summed E-state index contributed by atoms with van der Waals surface area (Å²) in [6.07, 6.45) is 0.951. The highest BCUT2D eigenvalue weighted by atomic mass is 19.1. The van der Waals surface area contributed by atoms with Crippen LogP contribution in [0.5, 0.6) is 5.75 Å². The maximum atomic E-state index is 13.5. The van der Waals surface area contributed by atoms with Crippen LogP contribution in [0.15, 0.2) is 18.2 Å². The predicted molar refractivity (Wildman–Crippen MR) is 61.0 cm³/mol. The van der Waals surface area contributed by atoms with Gasteiger partial charge >= 0.3 is 0 Å². The molecule has 1 aliphatic heterocycles. The Balaban J connectivity index is 2.22. The second-order valence-electron chi connectivity index (χ2n) is 4.21. The summed E-state index contributed by atoms with van der Waals surface area (Å²) in [5.74, 6) is -0.330. The molecule has 1 aliphatic rings. The molecule has 0 radical (unpaired) electrons. The number of halogens is 1. The zero-order chi connectivity index (χ0) is 12.4. The van der Waals surface area contributed by atoms with E-state index >= 15 is 0 Å². The number of ether oxygens (including phenoxy) is 1. The van der Waals surface area contributed by atoms with Crippen molar-refractivity contribution in [1.82, 2.24) is 5.32 Å². The fourth-order valence-electron chi connectivity index (χ4n) is 2.06. The Labute approximate surface area is 98.9 Å². The fourth-order valence-corrected chi connectivity index (χ4v) is 2.06. The van der Waals surface area contributed by atoms with E-state index in [0.717, 1.165) is 0 Å². The molecule has 5 heteroatoms. The highest BCUT2D eigenvalue weighted by Gasteiger charge is 2.25. The van der Waals surface area contributed by atoms with E-state index in [4.69, 9.17) is 10.5 Å². The number of rotatable bonds is 2. The maximum Gasteiger partial charge on any atom is 0.222 e. The van der Waals surface area contributed by atoms with Crippen LogP contribution in [0.25, 0.3) is 0 Å². The van der Waals surface area contributed by atoms with Crippen molar-refractivity contribution in [2.75, 3.05) is 7.11 Å². The molecule has 0 saturated carbocycles. The zero-order valence-electron chi connectivity index (χ0n) is 9.57. The van der Waals surface area contributed by atoms with Gasteiger partial charge in [-0.1, -0.05) is 6.07 Å². The summed E-state index contributed by atoms with van der Waals surface area (Å²) in [6, 6.07) is 4.29. The van der Waals surface area contributed by atoms with Gasteiger partial charge < -0.3 is 15.8 Å². The van der Waals surface area contributed by atoms with Gasteiger partial charge in [0.2, 0.25) is 5.91 Å². The minimum absolute atomic E-state index is 0.0926. The lowest BCUT2D eigenvalue weighted by atomic mass is 9.94. The van der Waals surface area contributed by atoms with Crippen LogP contribution in [-0.4, -0.2) is 19.1 Å². The third-order valence-corrected chi connectivity index (χ3v) is 2.90. The minimum Gasteiger partial charge on any atom is -0.494 e. The van der Waals surface area contributed by atoms with E-state index in [1.807, 2.05) is 0 Å². The number of hydrogen-bond acceptors (Lipinski definition) is 3. The first-order valence-corrected chi connectivity index (χ1v) is 5.48. The number of carbonyl (C=O) groups is 1. The number of hydrogen-bond donors (Lipinski definition) is 2. The third kappa shape index (κ3) is 2.55. The molecule has 1 aromatic rings. The van der Waals surface area contributed by atoms with Gasteiger partial charge in [-0.3, -0.25) is 4.79 Å². The van der Waals surface area contributed by atoms with Gasteiger partial charge in [0, 0.05) is 12.5 Å². The van der Waals surface area contributed by atoms with E-state index < -0.39 is 5.82 Å². The molecule has 2 atom stereocenters. The number of piperidine rings is 1. The number of methoxy groups -OCH3 is 1. The molecule has 0 aliphatic carbocycles. The molecule has 1 amide bonds. The largest absolute Gasteiger partial charge is 0.494 e. The Morgan fingerprint density at radius 1 is 1.53 bits per heavy atom. The lowest BCUT2D eigenvalue weighted by Gasteiger charge is -2.28. The average Bonchev–Trinajstić information content (AvgIpc) is 2.27. The van der Waals surface area contributed by atoms with Crippen LogP contribution in [0, 0.1) is 5.82 Å². The fraction of sp³-hybridized carbons (Fsp3) is 0.417. The van der Waals surface area contributed by atoms with Gasteiger partial charge in [0.1, 0.15) is 0 Å². The Kier molecular flexibility index (Phi) is 3.28. The van der Waals surface area contributed by atoms with Gasteiger partial charge in [-0.15, -0.1) is 0 Å². The monoisotopic (exact) mass is 238 g/mol. The molecular weight excluding hydrogens is 223 g/mol. The molecule has 2 unspecified atom stereocenters. The minimum atomic E-state index is -0.432. The number of nitrogens with two attached hydrogens (primary N) is 1. The Morgan fingerprint density at radius 3 is 2.88 bits per heavy atom. The van der Waals surface area contributed by atoms with Gasteiger partial charge in [0.25, 0.3) is 0 Å². The molecule has 2 rings (SSSR count). The van der Waals surface area contributed by atoms with Crippen LogP contribution in [0.3, 0.4) is 0 Å². The highest BCUT2D eigenvalue weighted by Crippen LogP contribution is 2.26. The molecule has 1 saturated heterocycles. The lowest BCUT2D eigenvalue weighted by molar-refractivity contribution is -0.123. The van der Waals surface area contributed by atoms with E-state index in [1.54, 1.807) is 12.1 Å². The van der Waals surface area contributed by atoms with Gasteiger partial charge in [-0.2, -0.15) is 0 Å². The Morgan fingerprint density at radius 2 is 2.29 bits per heavy atom. The lowest BCUT2D eigenvalue weighted by Crippen LogP contribution is -2.42. The number of carbonyl (C=O) groups excluding carboxylic acids is 1. The molecule has 0 spiro atoms. The van der Waals surface area contributed by atoms with E-state index in [-0.39, 0.29) is 23.7 Å². The molecule has 1 heterocycles. The summed E-state index contributed by atoms with van der Waals surface area (Å²) < 4.78 is 18.4. The Bertz CT molecular complexity index is 437. The topological polar surface area (TPSA) is 64.3 Å². The van der Waals surface area contributed by atoms with Crippen molar-refractivity contribution in [2.45, 2.75) is 24.9 Å². The molecule has 17 heavy (non-hydrogen) atoms. The smallest absolute Gasteiger partial charge is 0.222 e. The number of nitrogens with one attached hydrogen (secondary N) is 1. The average molecular weight is 238 g/mol. The van der Waals surface area contributed by atoms with Crippen molar-refractivity contribution in [3.63, 3.8) is 0 Å². The second-order valence-corrected chi connectivity index (χ2v) is 4.21. The summed E-state index contributed by atoms with van der Waals surface area (Å²) in [5.41, 5.74) is 6.48. The standard InChI is InChI=1S/C12H15FN2O2/c1-17-11-3-2-7(4-9(11)13)10-5-8(14)6-12(16)15-10/h2-4,8,10H,5-6,14H2,1H3,(H,15,16). The summed E-state index contributed by atoms with van der Waals surface area (Å²) in [4.78, 5) is 11.4. The highest BCUT2D eigenvalue weighted by molar-refractivity contribution is 5.78. The molecule has 4 nitrogen and oxygen atoms in total. The summed E-state index contributed by atoms with van der Waals surface area (Å²) >= 11 is 0. The first-order chi connectivity index (χ1) is 8.10. The molecule has 0 bridgehead atoms. The summed E-state index contributed by atoms with van der Waals surface area (Å²) in [5, 5.41) is 2.80. The summed E-state index contributed by atoms with van der Waals surface area (Å²) in [6.45, 7) is 0. The van der Waals surface area contributed by atoms with Crippen molar-refractivity contribution in [1.29, 1.82) is 0 Å². The molecular formula is C12H15FN2O2. The molecule has 92 valence electrons. The summed E-state index contributed by atoms with van der Waals surface area (Å²) in [7, 11) is 1.41. The van der Waals surface area contributed by atoms with E-state index in [9.17, 15) is 9.18 Å². The van der Waals surface area contributed by atoms with Gasteiger partial charge in [0.15, 0.2) is 11.6 Å². The number of benzene rings is 1. The predicted octanol–water partition coefficient (Wildman–Crippen LogP) is 1.11. The first kappa shape index (κ1) is 11.9. The van der Waals surface area contributed by atoms with Crippen molar-refractivity contribution in [3.05, 3.63) is 29.6 Å². The van der Waals surface area contributed by atoms with E-state index in [2.05, 4.69) is 5.32 Å². The second kappa shape index (κ2) is 4.71. The van der Waals surface area contributed by atoms with E-state index in [1.165, 1.54) is 13.2 Å². The van der Waals surface area contributed by atoms with Crippen molar-refractivity contribution >= 4 is 5.91 Å². The van der Waals surface area contributed by atoms with Gasteiger partial charge in [-0.05, 0) is 24.1 Å². The normalized spacial score (nSPS) is 24.3. The molecule has 0 aromatic heterocycles. The quantitative estimate of drug-likeness (QED) is 0.811. The third-order valence-electron chi connectivity index (χ3n) is 2.90. The van der Waals surface area contributed by atoms with Crippen LogP contribution >= 0.6 is 0 Å². The first-order valence-electron chi connectivity index (χ1n) is 5.48. The van der Waals surface area contributed by atoms with Crippen LogP contribution < -0.4 is 15.8 Å². The van der Waals surface area contributed by atoms with Crippen LogP contribution in [0.1, 0.15) is 24.4 Å². The van der Waals surface area contributed by atoms with Crippen molar-refractivity contribution in [3.8, 4) is 5.75 Å². The van der Waals surface area contributed by atoms with Crippen molar-refractivity contribution < 1.29 is 13.9 Å². The van der Waals surface area contributed by atoms with Crippen LogP contribution in [0.2, 0.25) is 0 Å². The molecule has 1 fully saturated rings. The maximum absolute atomic E-state index is 13.5. The van der Waals surface area contributed by atoms with Gasteiger partial charge in [-0.25, -0.2) is 4.39 Å². The van der Waals surface area contributed by atoms with E-state index in [0.29, 0.717) is 18.4 Å². The van der Waals surface area contributed by atoms with Crippen molar-refractivity contribution in [2.24, 2.45) is 5.73 Å². The zero-order valence-corrected chi connectivity index (χ0v) is 9.57. The van der Waals surface area contributed by atoms with Crippen LogP contribution in [0.4, 0.5) is 4.39 Å². The van der Waals surface area contributed by atoms with Gasteiger partial charge in [0.05, 0.1) is 13.2 Å². The molecule has 1 aromatic carbocycles. The van der Waals surface area contributed by atoms with Crippen LogP contribution in [-0.2, 0) is 4.79 Å². The Hall–Kier alpha value is -1.62. The number of amides is 1. The SMILES string of the molecule is COc1ccc(C2CC(N)CC(=O)N2)cc1F.